The Kier molecular flexibility index (Phi) is 7.55. The number of hydrogen-bond acceptors (Lipinski definition) is 7. The number of hydrogen-bond donors (Lipinski definition) is 6. The van der Waals surface area contributed by atoms with Crippen LogP contribution in [-0.4, -0.2) is 68.9 Å². The van der Waals surface area contributed by atoms with Gasteiger partial charge in [-0.2, -0.15) is 0 Å². The molecule has 2 aliphatic heterocycles. The van der Waals surface area contributed by atoms with Crippen molar-refractivity contribution in [3.8, 4) is 0 Å². The van der Waals surface area contributed by atoms with Crippen molar-refractivity contribution in [2.45, 2.75) is 70.3 Å². The molecule has 38 heavy (non-hydrogen) atoms. The van der Waals surface area contributed by atoms with Crippen molar-refractivity contribution in [3.05, 3.63) is 35.6 Å². The van der Waals surface area contributed by atoms with Crippen molar-refractivity contribution >= 4 is 17.6 Å². The predicted molar refractivity (Wildman–Crippen MR) is 138 cm³/mol. The second-order valence-corrected chi connectivity index (χ2v) is 12.1. The van der Waals surface area contributed by atoms with E-state index >= 15 is 0 Å². The van der Waals surface area contributed by atoms with E-state index in [2.05, 4.69) is 17.6 Å². The van der Waals surface area contributed by atoms with Gasteiger partial charge in [0, 0.05) is 6.54 Å². The highest BCUT2D eigenvalue weighted by Gasteiger charge is 2.61. The fourth-order valence-electron chi connectivity index (χ4n) is 8.61. The van der Waals surface area contributed by atoms with Gasteiger partial charge in [0.2, 0.25) is 5.91 Å². The molecule has 2 amide bonds. The van der Waals surface area contributed by atoms with Crippen LogP contribution in [0, 0.1) is 47.3 Å². The first kappa shape index (κ1) is 27.1. The first-order chi connectivity index (χ1) is 18.1. The lowest BCUT2D eigenvalue weighted by atomic mass is 9.62. The largest absolute Gasteiger partial charge is 0.507 e. The van der Waals surface area contributed by atoms with Crippen LogP contribution in [0.25, 0.3) is 0 Å². The van der Waals surface area contributed by atoms with Crippen LogP contribution in [-0.2, 0) is 14.4 Å². The first-order valence-corrected chi connectivity index (χ1v) is 14.0. The van der Waals surface area contributed by atoms with Crippen LogP contribution in [0.5, 0.6) is 0 Å². The van der Waals surface area contributed by atoms with E-state index in [0.29, 0.717) is 32.2 Å². The van der Waals surface area contributed by atoms with E-state index in [1.165, 1.54) is 12.2 Å². The molecule has 2 bridgehead atoms. The highest BCUT2D eigenvalue weighted by atomic mass is 16.3. The number of ketones is 1. The Morgan fingerprint density at radius 1 is 1.00 bits per heavy atom. The normalized spacial score (nSPS) is 44.3. The second-order valence-electron chi connectivity index (χ2n) is 12.1. The minimum Gasteiger partial charge on any atom is -0.507 e. The van der Waals surface area contributed by atoms with Gasteiger partial charge in [-0.25, -0.2) is 0 Å². The Hall–Kier alpha value is -2.49. The van der Waals surface area contributed by atoms with E-state index in [4.69, 9.17) is 0 Å². The molecule has 12 unspecified atom stereocenters. The lowest BCUT2D eigenvalue weighted by molar-refractivity contribution is -0.137. The van der Waals surface area contributed by atoms with Gasteiger partial charge in [-0.15, -0.1) is 0 Å². The topological polar surface area (TPSA) is 156 Å². The zero-order valence-corrected chi connectivity index (χ0v) is 22.0. The number of carbonyl (C=O) groups excluding carboxylic acids is 3. The summed E-state index contributed by atoms with van der Waals surface area (Å²) in [5.41, 5.74) is -0.242. The van der Waals surface area contributed by atoms with Gasteiger partial charge >= 0.3 is 0 Å². The molecule has 3 saturated carbocycles. The van der Waals surface area contributed by atoms with Crippen molar-refractivity contribution in [2.24, 2.45) is 47.3 Å². The lowest BCUT2D eigenvalue weighted by Crippen LogP contribution is -2.53. The van der Waals surface area contributed by atoms with Gasteiger partial charge in [0.05, 0.1) is 24.4 Å². The fourth-order valence-corrected chi connectivity index (χ4v) is 8.61. The summed E-state index contributed by atoms with van der Waals surface area (Å²) >= 11 is 0. The maximum absolute atomic E-state index is 12.8. The molecule has 1 saturated heterocycles. The molecule has 9 nitrogen and oxygen atoms in total. The van der Waals surface area contributed by atoms with Crippen molar-refractivity contribution < 1.29 is 34.8 Å². The molecule has 5 rings (SSSR count). The minimum atomic E-state index is -0.973. The molecule has 0 radical (unpaired) electrons. The number of amides is 2. The third kappa shape index (κ3) is 4.62. The Morgan fingerprint density at radius 3 is 2.45 bits per heavy atom. The zero-order valence-electron chi connectivity index (χ0n) is 22.0. The maximum Gasteiger partial charge on any atom is 0.259 e. The van der Waals surface area contributed by atoms with E-state index < -0.39 is 36.0 Å². The number of carbonyl (C=O) groups is 3. The fraction of sp³-hybridized carbons (Fsp3) is 0.690. The molecule has 208 valence electrons. The molecular weight excluding hydrogens is 488 g/mol. The molecule has 0 aromatic carbocycles. The number of aliphatic hydroxyl groups excluding tert-OH is 4. The summed E-state index contributed by atoms with van der Waals surface area (Å²) in [5, 5.41) is 49.4. The van der Waals surface area contributed by atoms with E-state index in [-0.39, 0.29) is 64.6 Å². The molecular formula is C29H40N2O7. The Balaban J connectivity index is 1.50. The molecule has 9 heteroatoms. The summed E-state index contributed by atoms with van der Waals surface area (Å²) < 4.78 is 0. The summed E-state index contributed by atoms with van der Waals surface area (Å²) in [4.78, 5) is 37.7. The Labute approximate surface area is 223 Å². The SMILES string of the molecule is CC(O)C1C(C)CC2C3CC4C=CC(O)=C5C(=O)NC(CCCNC(=O)C=CCC4C3C(O)C(O)C21)C5=O. The molecule has 6 N–H and O–H groups in total. The molecule has 0 spiro atoms. The van der Waals surface area contributed by atoms with Crippen LogP contribution in [0.2, 0.25) is 0 Å². The van der Waals surface area contributed by atoms with Crippen molar-refractivity contribution in [1.29, 1.82) is 0 Å². The van der Waals surface area contributed by atoms with Crippen LogP contribution in [0.1, 0.15) is 46.0 Å². The molecule has 3 aliphatic carbocycles. The van der Waals surface area contributed by atoms with Gasteiger partial charge in [0.1, 0.15) is 11.3 Å². The van der Waals surface area contributed by atoms with Crippen LogP contribution in [0.3, 0.4) is 0 Å². The average molecular weight is 529 g/mol. The molecule has 5 aliphatic rings. The van der Waals surface area contributed by atoms with Crippen LogP contribution in [0.4, 0.5) is 0 Å². The van der Waals surface area contributed by atoms with Crippen molar-refractivity contribution in [3.63, 3.8) is 0 Å². The van der Waals surface area contributed by atoms with E-state index in [1.807, 2.05) is 12.2 Å². The minimum absolute atomic E-state index is 0.0923. The number of aliphatic hydroxyl groups is 4. The Morgan fingerprint density at radius 2 is 1.71 bits per heavy atom. The third-order valence-electron chi connectivity index (χ3n) is 10.1. The van der Waals surface area contributed by atoms with Gasteiger partial charge in [0.15, 0.2) is 5.78 Å². The smallest absolute Gasteiger partial charge is 0.259 e. The number of nitrogens with one attached hydrogen (secondary N) is 2. The Bertz CT molecular complexity index is 1070. The van der Waals surface area contributed by atoms with Gasteiger partial charge < -0.3 is 31.1 Å². The molecule has 0 aromatic rings. The van der Waals surface area contributed by atoms with Crippen LogP contribution < -0.4 is 10.6 Å². The van der Waals surface area contributed by atoms with Crippen LogP contribution >= 0.6 is 0 Å². The second kappa shape index (κ2) is 10.6. The lowest BCUT2D eigenvalue weighted by Gasteiger charge is -2.47. The summed E-state index contributed by atoms with van der Waals surface area (Å²) in [6.07, 6.45) is 6.97. The zero-order chi connectivity index (χ0) is 27.3. The van der Waals surface area contributed by atoms with Gasteiger partial charge in [-0.3, -0.25) is 14.4 Å². The van der Waals surface area contributed by atoms with Gasteiger partial charge in [-0.05, 0) is 98.5 Å². The molecule has 2 heterocycles. The predicted octanol–water partition coefficient (Wildman–Crippen LogP) is 1.15. The average Bonchev–Trinajstić information content (AvgIpc) is 3.49. The number of allylic oxidation sites excluding steroid dienone is 3. The third-order valence-corrected chi connectivity index (χ3v) is 10.1. The molecule has 4 fully saturated rings. The number of fused-ring (bicyclic) bond motifs is 7. The molecule has 12 atom stereocenters. The summed E-state index contributed by atoms with van der Waals surface area (Å²) in [6.45, 7) is 4.20. The van der Waals surface area contributed by atoms with Crippen molar-refractivity contribution in [2.75, 3.05) is 6.54 Å². The van der Waals surface area contributed by atoms with Crippen molar-refractivity contribution in [1.82, 2.24) is 10.6 Å². The maximum atomic E-state index is 12.8. The summed E-state index contributed by atoms with van der Waals surface area (Å²) in [7, 11) is 0. The highest BCUT2D eigenvalue weighted by molar-refractivity contribution is 6.27. The number of Topliss-reactive ketones (excluding diaryl/α,β-unsaturated/α-hetero) is 1. The van der Waals surface area contributed by atoms with E-state index in [0.717, 1.165) is 6.42 Å². The first-order valence-electron chi connectivity index (χ1n) is 14.0. The van der Waals surface area contributed by atoms with Crippen LogP contribution in [0.15, 0.2) is 35.6 Å². The van der Waals surface area contributed by atoms with E-state index in [9.17, 15) is 34.8 Å². The summed E-state index contributed by atoms with van der Waals surface area (Å²) in [6, 6.07) is -0.727. The van der Waals surface area contributed by atoms with Gasteiger partial charge in [0.25, 0.3) is 5.91 Å². The van der Waals surface area contributed by atoms with Gasteiger partial charge in [-0.1, -0.05) is 19.1 Å². The monoisotopic (exact) mass is 528 g/mol. The number of rotatable bonds is 1. The van der Waals surface area contributed by atoms with E-state index in [1.54, 1.807) is 6.92 Å². The standard InChI is InChI=1S/C29H40N2O7/c1-13-11-17-18-12-15-8-9-20(33)25-26(35)19(31-29(25)38)6-4-10-30-21(34)7-3-5-16(15)23(18)27(36)28(37)24(17)22(13)14(2)32/h3,7-9,13-19,22-24,27-28,32-33,36-37H,4-6,10-12H2,1-2H3,(H,30,34)(H,31,38). The quantitative estimate of drug-likeness (QED) is 0.279. The highest BCUT2D eigenvalue weighted by Crippen LogP contribution is 2.61. The molecule has 0 aromatic heterocycles. The summed E-state index contributed by atoms with van der Waals surface area (Å²) in [5.74, 6) is -1.91.